The van der Waals surface area contributed by atoms with Gasteiger partial charge in [0.25, 0.3) is 0 Å². The van der Waals surface area contributed by atoms with E-state index in [4.69, 9.17) is 9.84 Å². The van der Waals surface area contributed by atoms with Gasteiger partial charge in [-0.3, -0.25) is 4.79 Å². The number of esters is 1. The Hall–Kier alpha value is -0.610. The molecule has 0 unspecified atom stereocenters. The summed E-state index contributed by atoms with van der Waals surface area (Å²) in [7, 11) is 1.47. The number of rotatable bonds is 7. The molecule has 1 rings (SSSR count). The lowest BCUT2D eigenvalue weighted by molar-refractivity contribution is -0.147. The molecule has 1 saturated heterocycles. The van der Waals surface area contributed by atoms with Crippen molar-refractivity contribution in [3.8, 4) is 0 Å². The maximum absolute atomic E-state index is 11.3. The summed E-state index contributed by atoms with van der Waals surface area (Å²) in [6.07, 6.45) is 6.30. The molecule has 0 aromatic rings. The van der Waals surface area contributed by atoms with Crippen LogP contribution in [-0.2, 0) is 9.53 Å². The molecule has 0 saturated carbocycles. The SMILES string of the molecule is COC(=O)C1CCN(CCCCCCO)CC1. The Labute approximate surface area is 104 Å². The van der Waals surface area contributed by atoms with Gasteiger partial charge in [-0.05, 0) is 45.3 Å². The third-order valence-electron chi connectivity index (χ3n) is 3.50. The summed E-state index contributed by atoms with van der Waals surface area (Å²) in [5.41, 5.74) is 0. The second-order valence-corrected chi connectivity index (χ2v) is 4.78. The van der Waals surface area contributed by atoms with Gasteiger partial charge < -0.3 is 14.7 Å². The van der Waals surface area contributed by atoms with Crippen molar-refractivity contribution in [2.75, 3.05) is 33.4 Å². The average molecular weight is 243 g/mol. The van der Waals surface area contributed by atoms with Gasteiger partial charge in [-0.2, -0.15) is 0 Å². The average Bonchev–Trinajstić information content (AvgIpc) is 2.38. The Kier molecular flexibility index (Phi) is 7.21. The first-order valence-electron chi connectivity index (χ1n) is 6.69. The highest BCUT2D eigenvalue weighted by Crippen LogP contribution is 2.18. The van der Waals surface area contributed by atoms with E-state index in [0.717, 1.165) is 45.3 Å². The highest BCUT2D eigenvalue weighted by Gasteiger charge is 2.24. The lowest BCUT2D eigenvalue weighted by Gasteiger charge is -2.30. The number of nitrogens with zero attached hydrogens (tertiary/aromatic N) is 1. The number of carbonyl (C=O) groups is 1. The van der Waals surface area contributed by atoms with Crippen LogP contribution in [0.15, 0.2) is 0 Å². The molecule has 0 bridgehead atoms. The Morgan fingerprint density at radius 1 is 1.24 bits per heavy atom. The second kappa shape index (κ2) is 8.48. The molecule has 17 heavy (non-hydrogen) atoms. The zero-order valence-electron chi connectivity index (χ0n) is 10.9. The van der Waals surface area contributed by atoms with E-state index in [2.05, 4.69) is 4.90 Å². The number of aliphatic hydroxyl groups is 1. The van der Waals surface area contributed by atoms with Gasteiger partial charge in [0.2, 0.25) is 0 Å². The van der Waals surface area contributed by atoms with Crippen LogP contribution in [0.25, 0.3) is 0 Å². The number of methoxy groups -OCH3 is 1. The first-order valence-corrected chi connectivity index (χ1v) is 6.69. The summed E-state index contributed by atoms with van der Waals surface area (Å²) in [4.78, 5) is 13.8. The number of aliphatic hydroxyl groups excluding tert-OH is 1. The van der Waals surface area contributed by atoms with Crippen molar-refractivity contribution in [1.82, 2.24) is 4.90 Å². The molecule has 0 spiro atoms. The van der Waals surface area contributed by atoms with Crippen molar-refractivity contribution < 1.29 is 14.6 Å². The molecule has 0 aromatic heterocycles. The minimum atomic E-state index is -0.0485. The Balaban J connectivity index is 2.05. The van der Waals surface area contributed by atoms with E-state index in [1.165, 1.54) is 20.0 Å². The molecule has 100 valence electrons. The van der Waals surface area contributed by atoms with Crippen molar-refractivity contribution in [3.05, 3.63) is 0 Å². The van der Waals surface area contributed by atoms with Crippen LogP contribution in [0.4, 0.5) is 0 Å². The summed E-state index contributed by atoms with van der Waals surface area (Å²) in [5, 5.41) is 8.66. The Bertz CT molecular complexity index is 213. The zero-order valence-corrected chi connectivity index (χ0v) is 10.9. The van der Waals surface area contributed by atoms with E-state index in [9.17, 15) is 4.79 Å². The molecule has 1 aliphatic heterocycles. The summed E-state index contributed by atoms with van der Waals surface area (Å²) in [5.74, 6) is 0.0678. The molecular weight excluding hydrogens is 218 g/mol. The van der Waals surface area contributed by atoms with E-state index in [-0.39, 0.29) is 11.9 Å². The van der Waals surface area contributed by atoms with Crippen molar-refractivity contribution in [3.63, 3.8) is 0 Å². The minimum Gasteiger partial charge on any atom is -0.469 e. The predicted molar refractivity (Wildman–Crippen MR) is 66.7 cm³/mol. The third-order valence-corrected chi connectivity index (χ3v) is 3.50. The van der Waals surface area contributed by atoms with Gasteiger partial charge in [-0.25, -0.2) is 0 Å². The summed E-state index contributed by atoms with van der Waals surface area (Å²) < 4.78 is 4.77. The molecule has 1 aliphatic rings. The van der Waals surface area contributed by atoms with Crippen molar-refractivity contribution in [2.24, 2.45) is 5.92 Å². The largest absolute Gasteiger partial charge is 0.469 e. The standard InChI is InChI=1S/C13H25NO3/c1-17-13(16)12-6-9-14(10-7-12)8-4-2-3-5-11-15/h12,15H,2-11H2,1H3. The number of ether oxygens (including phenoxy) is 1. The minimum absolute atomic E-state index is 0.0485. The monoisotopic (exact) mass is 243 g/mol. The van der Waals surface area contributed by atoms with E-state index in [0.29, 0.717) is 6.61 Å². The third kappa shape index (κ3) is 5.50. The fraction of sp³-hybridized carbons (Fsp3) is 0.923. The highest BCUT2D eigenvalue weighted by molar-refractivity contribution is 5.72. The van der Waals surface area contributed by atoms with Gasteiger partial charge in [-0.15, -0.1) is 0 Å². The lowest BCUT2D eigenvalue weighted by Crippen LogP contribution is -2.37. The van der Waals surface area contributed by atoms with Crippen LogP contribution < -0.4 is 0 Å². The summed E-state index contributed by atoms with van der Waals surface area (Å²) >= 11 is 0. The number of hydrogen-bond donors (Lipinski definition) is 1. The van der Waals surface area contributed by atoms with Gasteiger partial charge in [0.15, 0.2) is 0 Å². The first-order chi connectivity index (χ1) is 8.27. The number of piperidine rings is 1. The fourth-order valence-corrected chi connectivity index (χ4v) is 2.36. The molecule has 0 radical (unpaired) electrons. The van der Waals surface area contributed by atoms with Gasteiger partial charge in [-0.1, -0.05) is 12.8 Å². The fourth-order valence-electron chi connectivity index (χ4n) is 2.36. The number of carbonyl (C=O) groups excluding carboxylic acids is 1. The molecular formula is C13H25NO3. The zero-order chi connectivity index (χ0) is 12.5. The maximum Gasteiger partial charge on any atom is 0.308 e. The topological polar surface area (TPSA) is 49.8 Å². The number of likely N-dealkylation sites (tertiary alicyclic amines) is 1. The van der Waals surface area contributed by atoms with Crippen LogP contribution in [0.1, 0.15) is 38.5 Å². The smallest absolute Gasteiger partial charge is 0.308 e. The van der Waals surface area contributed by atoms with Gasteiger partial charge in [0.1, 0.15) is 0 Å². The van der Waals surface area contributed by atoms with Gasteiger partial charge in [0, 0.05) is 6.61 Å². The molecule has 1 N–H and O–H groups in total. The molecule has 4 heteroatoms. The normalized spacial score (nSPS) is 18.2. The maximum atomic E-state index is 11.3. The van der Waals surface area contributed by atoms with E-state index in [1.54, 1.807) is 0 Å². The molecule has 0 aliphatic carbocycles. The molecule has 1 heterocycles. The van der Waals surface area contributed by atoms with Gasteiger partial charge in [0.05, 0.1) is 13.0 Å². The molecule has 0 aromatic carbocycles. The molecule has 0 amide bonds. The second-order valence-electron chi connectivity index (χ2n) is 4.78. The first kappa shape index (κ1) is 14.5. The van der Waals surface area contributed by atoms with E-state index in [1.807, 2.05) is 0 Å². The van der Waals surface area contributed by atoms with Crippen LogP contribution in [0.2, 0.25) is 0 Å². The molecule has 4 nitrogen and oxygen atoms in total. The van der Waals surface area contributed by atoms with Crippen molar-refractivity contribution in [2.45, 2.75) is 38.5 Å². The Morgan fingerprint density at radius 2 is 1.88 bits per heavy atom. The molecule has 0 atom stereocenters. The van der Waals surface area contributed by atoms with Crippen molar-refractivity contribution >= 4 is 5.97 Å². The lowest BCUT2D eigenvalue weighted by atomic mass is 9.97. The number of unbranched alkanes of at least 4 members (excludes halogenated alkanes) is 3. The van der Waals surface area contributed by atoms with Crippen LogP contribution in [-0.4, -0.2) is 49.3 Å². The van der Waals surface area contributed by atoms with E-state index >= 15 is 0 Å². The van der Waals surface area contributed by atoms with Crippen molar-refractivity contribution in [1.29, 1.82) is 0 Å². The highest BCUT2D eigenvalue weighted by atomic mass is 16.5. The summed E-state index contributed by atoms with van der Waals surface area (Å²) in [6, 6.07) is 0. The van der Waals surface area contributed by atoms with Crippen LogP contribution in [0.5, 0.6) is 0 Å². The van der Waals surface area contributed by atoms with E-state index < -0.39 is 0 Å². The Morgan fingerprint density at radius 3 is 2.47 bits per heavy atom. The summed E-state index contributed by atoms with van der Waals surface area (Å²) in [6.45, 7) is 3.46. The quantitative estimate of drug-likeness (QED) is 0.543. The van der Waals surface area contributed by atoms with Crippen LogP contribution in [0.3, 0.4) is 0 Å². The van der Waals surface area contributed by atoms with Crippen LogP contribution >= 0.6 is 0 Å². The molecule has 1 fully saturated rings. The van der Waals surface area contributed by atoms with Gasteiger partial charge >= 0.3 is 5.97 Å². The number of hydrogen-bond acceptors (Lipinski definition) is 4. The predicted octanol–water partition coefficient (Wildman–Crippen LogP) is 1.42. The van der Waals surface area contributed by atoms with Crippen LogP contribution in [0, 0.1) is 5.92 Å².